The molecule has 0 fully saturated rings. The Hall–Kier alpha value is -2.86. The molecule has 0 aliphatic carbocycles. The van der Waals surface area contributed by atoms with E-state index in [1.807, 2.05) is 30.3 Å². The van der Waals surface area contributed by atoms with Crippen LogP contribution >= 0.6 is 0 Å². The van der Waals surface area contributed by atoms with Crippen molar-refractivity contribution in [2.24, 2.45) is 0 Å². The molecule has 2 N–H and O–H groups in total. The van der Waals surface area contributed by atoms with Gasteiger partial charge in [-0.15, -0.1) is 0 Å². The summed E-state index contributed by atoms with van der Waals surface area (Å²) in [6, 6.07) is 19.8. The number of hydrogen-bond acceptors (Lipinski definition) is 3. The summed E-state index contributed by atoms with van der Waals surface area (Å²) in [6.45, 7) is 0. The van der Waals surface area contributed by atoms with Crippen LogP contribution < -0.4 is 5.73 Å². The summed E-state index contributed by atoms with van der Waals surface area (Å²) >= 11 is 0. The van der Waals surface area contributed by atoms with Gasteiger partial charge in [0.15, 0.2) is 0 Å². The van der Waals surface area contributed by atoms with Gasteiger partial charge in [0.05, 0.1) is 11.3 Å². The minimum absolute atomic E-state index is 0.271. The van der Waals surface area contributed by atoms with Crippen molar-refractivity contribution in [3.05, 3.63) is 60.2 Å². The van der Waals surface area contributed by atoms with Crippen molar-refractivity contribution >= 4 is 16.6 Å². The molecule has 0 aliphatic rings. The largest absolute Gasteiger partial charge is 0.383 e. The van der Waals surface area contributed by atoms with Gasteiger partial charge in [0.1, 0.15) is 11.9 Å². The van der Waals surface area contributed by atoms with E-state index in [0.29, 0.717) is 5.56 Å². The van der Waals surface area contributed by atoms with E-state index in [2.05, 4.69) is 29.2 Å². The van der Waals surface area contributed by atoms with Crippen LogP contribution in [0.1, 0.15) is 5.56 Å². The highest BCUT2D eigenvalue weighted by atomic mass is 14.8. The Morgan fingerprint density at radius 3 is 2.47 bits per heavy atom. The van der Waals surface area contributed by atoms with Crippen LogP contribution in [0.25, 0.3) is 22.0 Å². The number of hydrogen-bond donors (Lipinski definition) is 1. The van der Waals surface area contributed by atoms with Crippen molar-refractivity contribution in [3.8, 4) is 17.3 Å². The summed E-state index contributed by atoms with van der Waals surface area (Å²) in [5.41, 5.74) is 7.93. The molecule has 1 aromatic heterocycles. The standard InChI is InChI=1S/C16H11N3/c17-10-14-7-8-15(19-16(14)18)13-6-5-11-3-1-2-4-12(11)9-13/h1-9H,(H2,18,19). The zero-order valence-electron chi connectivity index (χ0n) is 10.2. The highest BCUT2D eigenvalue weighted by Gasteiger charge is 2.04. The number of nitriles is 1. The van der Waals surface area contributed by atoms with Crippen LogP contribution in [0.5, 0.6) is 0 Å². The van der Waals surface area contributed by atoms with E-state index in [9.17, 15) is 0 Å². The van der Waals surface area contributed by atoms with E-state index in [0.717, 1.165) is 16.6 Å². The molecule has 3 aromatic rings. The Morgan fingerprint density at radius 2 is 1.74 bits per heavy atom. The van der Waals surface area contributed by atoms with Crippen molar-refractivity contribution in [1.82, 2.24) is 4.98 Å². The Balaban J connectivity index is 2.14. The predicted molar refractivity (Wildman–Crippen MR) is 76.3 cm³/mol. The molecule has 1 heterocycles. The van der Waals surface area contributed by atoms with Gasteiger partial charge in [0.2, 0.25) is 0 Å². The molecule has 90 valence electrons. The van der Waals surface area contributed by atoms with Gasteiger partial charge in [-0.05, 0) is 29.0 Å². The molecule has 3 heteroatoms. The minimum atomic E-state index is 0.271. The van der Waals surface area contributed by atoms with Gasteiger partial charge in [-0.25, -0.2) is 4.98 Å². The lowest BCUT2D eigenvalue weighted by atomic mass is 10.0. The van der Waals surface area contributed by atoms with Gasteiger partial charge in [-0.2, -0.15) is 5.26 Å². The molecular formula is C16H11N3. The fraction of sp³-hybridized carbons (Fsp3) is 0. The molecular weight excluding hydrogens is 234 g/mol. The normalized spacial score (nSPS) is 10.3. The lowest BCUT2D eigenvalue weighted by molar-refractivity contribution is 1.31. The Bertz CT molecular complexity index is 800. The maximum absolute atomic E-state index is 8.85. The van der Waals surface area contributed by atoms with Crippen LogP contribution in [0.2, 0.25) is 0 Å². The fourth-order valence-electron chi connectivity index (χ4n) is 2.08. The number of nitrogen functional groups attached to an aromatic ring is 1. The second-order valence-corrected chi connectivity index (χ2v) is 4.30. The highest BCUT2D eigenvalue weighted by molar-refractivity contribution is 5.86. The first-order valence-corrected chi connectivity index (χ1v) is 5.94. The molecule has 0 unspecified atom stereocenters. The lowest BCUT2D eigenvalue weighted by Crippen LogP contribution is -1.96. The quantitative estimate of drug-likeness (QED) is 0.715. The maximum atomic E-state index is 8.85. The summed E-state index contributed by atoms with van der Waals surface area (Å²) in [4.78, 5) is 4.28. The third-order valence-electron chi connectivity index (χ3n) is 3.09. The second-order valence-electron chi connectivity index (χ2n) is 4.30. The molecule has 2 aromatic carbocycles. The number of aromatic nitrogens is 1. The molecule has 0 amide bonds. The van der Waals surface area contributed by atoms with E-state index in [1.165, 1.54) is 5.39 Å². The van der Waals surface area contributed by atoms with E-state index in [4.69, 9.17) is 11.0 Å². The fourth-order valence-corrected chi connectivity index (χ4v) is 2.08. The number of benzene rings is 2. The van der Waals surface area contributed by atoms with E-state index >= 15 is 0 Å². The molecule has 0 saturated heterocycles. The predicted octanol–water partition coefficient (Wildman–Crippen LogP) is 3.36. The Kier molecular flexibility index (Phi) is 2.62. The molecule has 0 bridgehead atoms. The zero-order valence-corrected chi connectivity index (χ0v) is 10.2. The number of nitrogens with two attached hydrogens (primary N) is 1. The zero-order chi connectivity index (χ0) is 13.2. The topological polar surface area (TPSA) is 62.7 Å². The summed E-state index contributed by atoms with van der Waals surface area (Å²) in [5, 5.41) is 11.2. The molecule has 3 nitrogen and oxygen atoms in total. The van der Waals surface area contributed by atoms with Crippen LogP contribution in [0.3, 0.4) is 0 Å². The van der Waals surface area contributed by atoms with Crippen LogP contribution in [0, 0.1) is 11.3 Å². The van der Waals surface area contributed by atoms with Gasteiger partial charge in [0, 0.05) is 5.56 Å². The van der Waals surface area contributed by atoms with E-state index in [-0.39, 0.29) is 5.82 Å². The number of anilines is 1. The molecule has 0 atom stereocenters. The lowest BCUT2D eigenvalue weighted by Gasteiger charge is -2.05. The van der Waals surface area contributed by atoms with Gasteiger partial charge in [-0.3, -0.25) is 0 Å². The van der Waals surface area contributed by atoms with Crippen LogP contribution in [-0.2, 0) is 0 Å². The summed E-state index contributed by atoms with van der Waals surface area (Å²) < 4.78 is 0. The van der Waals surface area contributed by atoms with Gasteiger partial charge in [0.25, 0.3) is 0 Å². The average Bonchev–Trinajstić information content (AvgIpc) is 2.46. The van der Waals surface area contributed by atoms with E-state index in [1.54, 1.807) is 6.07 Å². The van der Waals surface area contributed by atoms with Crippen LogP contribution in [-0.4, -0.2) is 4.98 Å². The molecule has 0 radical (unpaired) electrons. The average molecular weight is 245 g/mol. The third kappa shape index (κ3) is 2.00. The van der Waals surface area contributed by atoms with Gasteiger partial charge < -0.3 is 5.73 Å². The number of fused-ring (bicyclic) bond motifs is 1. The summed E-state index contributed by atoms with van der Waals surface area (Å²) in [7, 11) is 0. The monoisotopic (exact) mass is 245 g/mol. The Morgan fingerprint density at radius 1 is 0.947 bits per heavy atom. The first kappa shape index (κ1) is 11.2. The van der Waals surface area contributed by atoms with Crippen molar-refractivity contribution in [1.29, 1.82) is 5.26 Å². The number of nitrogens with zero attached hydrogens (tertiary/aromatic N) is 2. The van der Waals surface area contributed by atoms with Crippen molar-refractivity contribution in [3.63, 3.8) is 0 Å². The van der Waals surface area contributed by atoms with Crippen LogP contribution in [0.4, 0.5) is 5.82 Å². The summed E-state index contributed by atoms with van der Waals surface area (Å²) in [5.74, 6) is 0.271. The highest BCUT2D eigenvalue weighted by Crippen LogP contribution is 2.24. The molecule has 0 spiro atoms. The maximum Gasteiger partial charge on any atom is 0.142 e. The number of rotatable bonds is 1. The molecule has 0 aliphatic heterocycles. The van der Waals surface area contributed by atoms with E-state index < -0.39 is 0 Å². The second kappa shape index (κ2) is 4.43. The van der Waals surface area contributed by atoms with Gasteiger partial charge >= 0.3 is 0 Å². The van der Waals surface area contributed by atoms with Crippen molar-refractivity contribution in [2.45, 2.75) is 0 Å². The Labute approximate surface area is 110 Å². The minimum Gasteiger partial charge on any atom is -0.383 e. The molecule has 0 saturated carbocycles. The first-order chi connectivity index (χ1) is 9.28. The van der Waals surface area contributed by atoms with Crippen LogP contribution in [0.15, 0.2) is 54.6 Å². The molecule has 3 rings (SSSR count). The summed E-state index contributed by atoms with van der Waals surface area (Å²) in [6.07, 6.45) is 0. The molecule has 19 heavy (non-hydrogen) atoms. The first-order valence-electron chi connectivity index (χ1n) is 5.94. The van der Waals surface area contributed by atoms with Crippen molar-refractivity contribution < 1.29 is 0 Å². The third-order valence-corrected chi connectivity index (χ3v) is 3.09. The smallest absolute Gasteiger partial charge is 0.142 e. The SMILES string of the molecule is N#Cc1ccc(-c2ccc3ccccc3c2)nc1N. The van der Waals surface area contributed by atoms with Gasteiger partial charge in [-0.1, -0.05) is 36.4 Å². The van der Waals surface area contributed by atoms with Crippen molar-refractivity contribution in [2.75, 3.05) is 5.73 Å². The number of pyridine rings is 1.